The number of hydrogen-bond acceptors (Lipinski definition) is 6. The Labute approximate surface area is 166 Å². The maximum Gasteiger partial charge on any atom is 0.340 e. The lowest BCUT2D eigenvalue weighted by Crippen LogP contribution is -2.33. The molecule has 29 heavy (non-hydrogen) atoms. The van der Waals surface area contributed by atoms with Gasteiger partial charge >= 0.3 is 12.3 Å². The van der Waals surface area contributed by atoms with Gasteiger partial charge in [-0.1, -0.05) is 0 Å². The molecular formula is C18H25F4N5O2. The number of allylic oxidation sites excluding steroid dienone is 2. The molecule has 11 heteroatoms. The second-order valence-corrected chi connectivity index (χ2v) is 6.37. The van der Waals surface area contributed by atoms with Gasteiger partial charge in [-0.25, -0.2) is 13.8 Å². The molecule has 1 unspecified atom stereocenters. The summed E-state index contributed by atoms with van der Waals surface area (Å²) < 4.78 is 54.5. The molecule has 0 aliphatic rings. The lowest BCUT2D eigenvalue weighted by atomic mass is 10.1. The standard InChI is InChI=1S/C18H25F4N5O2/c1-9(15(24)29-8-18(21,22)17(19)20)5-13(23)16(28)27-11(3)12-6-10(2)26-14(7-12)25-4/h5-7,11,17H,8,23-24H2,1-4H3,(H,25,26)(H,27,28)/b13-5-,15-9+. The Hall–Kier alpha value is -2.98. The minimum atomic E-state index is -4.35. The van der Waals surface area contributed by atoms with Crippen LogP contribution < -0.4 is 22.1 Å². The molecular weight excluding hydrogens is 394 g/mol. The van der Waals surface area contributed by atoms with E-state index in [1.165, 1.54) is 6.92 Å². The smallest absolute Gasteiger partial charge is 0.340 e. The Morgan fingerprint density at radius 2 is 1.97 bits per heavy atom. The predicted molar refractivity (Wildman–Crippen MR) is 101 cm³/mol. The zero-order valence-corrected chi connectivity index (χ0v) is 16.5. The molecule has 1 heterocycles. The fourth-order valence-electron chi connectivity index (χ4n) is 2.16. The van der Waals surface area contributed by atoms with Gasteiger partial charge in [0.1, 0.15) is 5.82 Å². The number of aromatic nitrogens is 1. The van der Waals surface area contributed by atoms with E-state index in [0.717, 1.165) is 17.3 Å². The highest BCUT2D eigenvalue weighted by atomic mass is 19.3. The van der Waals surface area contributed by atoms with E-state index in [0.29, 0.717) is 5.82 Å². The van der Waals surface area contributed by atoms with Crippen molar-refractivity contribution in [2.45, 2.75) is 39.2 Å². The number of hydrogen-bond donors (Lipinski definition) is 4. The van der Waals surface area contributed by atoms with Crippen molar-refractivity contribution >= 4 is 11.7 Å². The SMILES string of the molecule is CNc1cc(C(C)NC(=O)/C(N)=C/C(C)=C(\N)OCC(F)(F)C(F)F)cc(C)n1. The van der Waals surface area contributed by atoms with Crippen molar-refractivity contribution in [2.24, 2.45) is 11.5 Å². The third kappa shape index (κ3) is 7.16. The summed E-state index contributed by atoms with van der Waals surface area (Å²) in [5.74, 6) is -4.89. The number of nitrogens with two attached hydrogens (primary N) is 2. The van der Waals surface area contributed by atoms with Gasteiger partial charge in [0.05, 0.1) is 11.7 Å². The first-order valence-electron chi connectivity index (χ1n) is 8.56. The number of nitrogens with zero attached hydrogens (tertiary/aromatic N) is 1. The van der Waals surface area contributed by atoms with Crippen LogP contribution >= 0.6 is 0 Å². The molecule has 1 amide bonds. The van der Waals surface area contributed by atoms with Crippen molar-refractivity contribution in [1.29, 1.82) is 0 Å². The second kappa shape index (κ2) is 9.99. The third-order valence-corrected chi connectivity index (χ3v) is 3.84. The van der Waals surface area contributed by atoms with Gasteiger partial charge in [0.2, 0.25) is 0 Å². The van der Waals surface area contributed by atoms with E-state index in [-0.39, 0.29) is 11.3 Å². The molecule has 0 spiro atoms. The molecule has 6 N–H and O–H groups in total. The molecule has 1 aromatic heterocycles. The van der Waals surface area contributed by atoms with Crippen molar-refractivity contribution in [2.75, 3.05) is 19.0 Å². The van der Waals surface area contributed by atoms with Gasteiger partial charge < -0.3 is 26.8 Å². The fraction of sp³-hybridized carbons (Fsp3) is 0.444. The lowest BCUT2D eigenvalue weighted by Gasteiger charge is -2.17. The van der Waals surface area contributed by atoms with Crippen molar-refractivity contribution in [3.05, 3.63) is 46.6 Å². The number of nitrogens with one attached hydrogen (secondary N) is 2. The molecule has 0 radical (unpaired) electrons. The lowest BCUT2D eigenvalue weighted by molar-refractivity contribution is -0.158. The van der Waals surface area contributed by atoms with Gasteiger partial charge in [-0.05, 0) is 44.5 Å². The van der Waals surface area contributed by atoms with Crippen molar-refractivity contribution in [1.82, 2.24) is 10.3 Å². The Morgan fingerprint density at radius 3 is 2.52 bits per heavy atom. The second-order valence-electron chi connectivity index (χ2n) is 6.37. The summed E-state index contributed by atoms with van der Waals surface area (Å²) in [6.07, 6.45) is -2.78. The van der Waals surface area contributed by atoms with Gasteiger partial charge in [0.15, 0.2) is 12.5 Å². The first kappa shape index (κ1) is 24.1. The number of carbonyl (C=O) groups is 1. The van der Waals surface area contributed by atoms with E-state index >= 15 is 0 Å². The minimum Gasteiger partial charge on any atom is -0.473 e. The van der Waals surface area contributed by atoms with Crippen LogP contribution in [0.5, 0.6) is 0 Å². The van der Waals surface area contributed by atoms with Crippen LogP contribution in [0.4, 0.5) is 23.4 Å². The molecule has 1 aromatic rings. The zero-order chi connectivity index (χ0) is 22.4. The number of halogens is 4. The van der Waals surface area contributed by atoms with E-state index in [9.17, 15) is 22.4 Å². The van der Waals surface area contributed by atoms with Crippen LogP contribution in [0.2, 0.25) is 0 Å². The van der Waals surface area contributed by atoms with E-state index in [1.807, 2.05) is 6.92 Å². The monoisotopic (exact) mass is 419 g/mol. The maximum atomic E-state index is 12.9. The zero-order valence-electron chi connectivity index (χ0n) is 16.5. The Balaban J connectivity index is 2.83. The van der Waals surface area contributed by atoms with E-state index in [4.69, 9.17) is 11.5 Å². The molecule has 0 aliphatic heterocycles. The van der Waals surface area contributed by atoms with Gasteiger partial charge in [0.25, 0.3) is 5.91 Å². The Morgan fingerprint density at radius 1 is 1.34 bits per heavy atom. The average molecular weight is 419 g/mol. The molecule has 0 bridgehead atoms. The Bertz CT molecular complexity index is 796. The minimum absolute atomic E-state index is 0.0348. The van der Waals surface area contributed by atoms with E-state index < -0.39 is 36.8 Å². The number of alkyl halides is 4. The molecule has 7 nitrogen and oxygen atoms in total. The molecule has 1 atom stereocenters. The van der Waals surface area contributed by atoms with Crippen LogP contribution in [0, 0.1) is 6.92 Å². The number of rotatable bonds is 9. The largest absolute Gasteiger partial charge is 0.473 e. The topological polar surface area (TPSA) is 115 Å². The summed E-state index contributed by atoms with van der Waals surface area (Å²) in [6.45, 7) is 3.29. The number of ether oxygens (including phenoxy) is 1. The molecule has 0 aromatic carbocycles. The number of aryl methyl sites for hydroxylation is 1. The van der Waals surface area contributed by atoms with Crippen LogP contribution in [-0.2, 0) is 9.53 Å². The van der Waals surface area contributed by atoms with Crippen molar-refractivity contribution < 1.29 is 27.1 Å². The first-order chi connectivity index (χ1) is 13.4. The van der Waals surface area contributed by atoms with Crippen LogP contribution in [0.15, 0.2) is 35.4 Å². The number of anilines is 1. The molecule has 0 aliphatic carbocycles. The van der Waals surface area contributed by atoms with E-state index in [1.54, 1.807) is 26.1 Å². The van der Waals surface area contributed by atoms with Crippen molar-refractivity contribution in [3.63, 3.8) is 0 Å². The van der Waals surface area contributed by atoms with E-state index in [2.05, 4.69) is 20.4 Å². The van der Waals surface area contributed by atoms with Gasteiger partial charge in [0, 0.05) is 18.3 Å². The van der Waals surface area contributed by atoms with Crippen molar-refractivity contribution in [3.8, 4) is 0 Å². The van der Waals surface area contributed by atoms with Gasteiger partial charge in [-0.2, -0.15) is 8.78 Å². The number of carbonyl (C=O) groups excluding carboxylic acids is 1. The fourth-order valence-corrected chi connectivity index (χ4v) is 2.16. The quantitative estimate of drug-likeness (QED) is 0.212. The summed E-state index contributed by atoms with van der Waals surface area (Å²) in [5, 5.41) is 5.59. The van der Waals surface area contributed by atoms with Crippen LogP contribution in [0.25, 0.3) is 0 Å². The average Bonchev–Trinajstić information content (AvgIpc) is 2.64. The first-order valence-corrected chi connectivity index (χ1v) is 8.56. The van der Waals surface area contributed by atoms with Gasteiger partial charge in [-0.15, -0.1) is 0 Å². The normalized spacial score (nSPS) is 14.3. The highest BCUT2D eigenvalue weighted by Gasteiger charge is 2.41. The van der Waals surface area contributed by atoms with Gasteiger partial charge in [-0.3, -0.25) is 4.79 Å². The number of pyridine rings is 1. The summed E-state index contributed by atoms with van der Waals surface area (Å²) >= 11 is 0. The predicted octanol–water partition coefficient (Wildman–Crippen LogP) is 2.56. The van der Waals surface area contributed by atoms with Crippen LogP contribution in [-0.4, -0.2) is 36.9 Å². The molecule has 1 rings (SSSR count). The summed E-state index contributed by atoms with van der Waals surface area (Å²) in [7, 11) is 1.72. The highest BCUT2D eigenvalue weighted by Crippen LogP contribution is 2.24. The number of amides is 1. The third-order valence-electron chi connectivity index (χ3n) is 3.84. The Kier molecular flexibility index (Phi) is 8.28. The summed E-state index contributed by atoms with van der Waals surface area (Å²) in [4.78, 5) is 16.5. The van der Waals surface area contributed by atoms with Crippen LogP contribution in [0.1, 0.15) is 31.1 Å². The van der Waals surface area contributed by atoms with Crippen LogP contribution in [0.3, 0.4) is 0 Å². The molecule has 0 saturated heterocycles. The summed E-state index contributed by atoms with van der Waals surface area (Å²) in [6, 6.07) is 3.15. The molecule has 0 fully saturated rings. The maximum absolute atomic E-state index is 12.9. The highest BCUT2D eigenvalue weighted by molar-refractivity contribution is 5.93. The molecule has 0 saturated carbocycles. The summed E-state index contributed by atoms with van der Waals surface area (Å²) in [5.41, 5.74) is 12.5. The molecule has 162 valence electrons.